The Labute approximate surface area is 96.5 Å². The van der Waals surface area contributed by atoms with Crippen LogP contribution in [0, 0.1) is 11.6 Å². The lowest BCUT2D eigenvalue weighted by Gasteiger charge is -2.01. The summed E-state index contributed by atoms with van der Waals surface area (Å²) in [6, 6.07) is 3.37. The molecule has 2 rings (SSSR count). The van der Waals surface area contributed by atoms with Crippen LogP contribution in [-0.2, 0) is 0 Å². The van der Waals surface area contributed by atoms with E-state index in [4.69, 9.17) is 10.2 Å². The van der Waals surface area contributed by atoms with E-state index in [1.54, 1.807) is 0 Å². The molecule has 0 bridgehead atoms. The molecule has 4 nitrogen and oxygen atoms in total. The van der Waals surface area contributed by atoms with Crippen molar-refractivity contribution in [2.75, 3.05) is 0 Å². The highest BCUT2D eigenvalue weighted by molar-refractivity contribution is 5.53. The summed E-state index contributed by atoms with van der Waals surface area (Å²) in [7, 11) is 0. The summed E-state index contributed by atoms with van der Waals surface area (Å²) < 4.78 is 31.7. The second-order valence-corrected chi connectivity index (χ2v) is 3.56. The van der Waals surface area contributed by atoms with Crippen LogP contribution >= 0.6 is 0 Å². The first kappa shape index (κ1) is 11.7. The lowest BCUT2D eigenvalue weighted by molar-refractivity contribution is 0.447. The number of nitrogens with two attached hydrogens (primary N) is 1. The van der Waals surface area contributed by atoms with Crippen LogP contribution in [0.15, 0.2) is 22.6 Å². The van der Waals surface area contributed by atoms with Crippen LogP contribution in [0.25, 0.3) is 11.5 Å². The molecule has 0 aliphatic heterocycles. The van der Waals surface area contributed by atoms with Crippen LogP contribution in [0.3, 0.4) is 0 Å². The van der Waals surface area contributed by atoms with Gasteiger partial charge in [-0.25, -0.2) is 8.78 Å². The molecule has 0 saturated heterocycles. The number of halogens is 2. The van der Waals surface area contributed by atoms with Crippen molar-refractivity contribution in [2.45, 2.75) is 19.4 Å². The van der Waals surface area contributed by atoms with E-state index in [2.05, 4.69) is 10.2 Å². The molecule has 1 aromatic heterocycles. The zero-order chi connectivity index (χ0) is 12.4. The second-order valence-electron chi connectivity index (χ2n) is 3.56. The highest BCUT2D eigenvalue weighted by Crippen LogP contribution is 2.24. The van der Waals surface area contributed by atoms with Crippen LogP contribution in [-0.4, -0.2) is 10.2 Å². The molecule has 1 aromatic carbocycles. The van der Waals surface area contributed by atoms with Crippen molar-refractivity contribution in [3.8, 4) is 11.5 Å². The van der Waals surface area contributed by atoms with Crippen LogP contribution in [0.5, 0.6) is 0 Å². The number of aromatic nitrogens is 2. The lowest BCUT2D eigenvalue weighted by atomic mass is 10.2. The first-order valence-corrected chi connectivity index (χ1v) is 5.16. The minimum absolute atomic E-state index is 0.0629. The molecule has 0 amide bonds. The molecule has 0 aliphatic rings. The van der Waals surface area contributed by atoms with Gasteiger partial charge in [-0.15, -0.1) is 10.2 Å². The molecule has 17 heavy (non-hydrogen) atoms. The number of hydrogen-bond donors (Lipinski definition) is 1. The standard InChI is InChI=1S/C11H11F2N3O/c1-2-8(14)11-16-15-10(17-11)6-4-3-5-7(12)9(6)13/h3-5,8H,2,14H2,1H3. The summed E-state index contributed by atoms with van der Waals surface area (Å²) >= 11 is 0. The van der Waals surface area contributed by atoms with Gasteiger partial charge in [0.05, 0.1) is 11.6 Å². The van der Waals surface area contributed by atoms with Crippen LogP contribution in [0.1, 0.15) is 25.3 Å². The van der Waals surface area contributed by atoms with E-state index in [1.807, 2.05) is 6.92 Å². The van der Waals surface area contributed by atoms with Gasteiger partial charge in [0.15, 0.2) is 11.6 Å². The van der Waals surface area contributed by atoms with Crippen molar-refractivity contribution in [1.82, 2.24) is 10.2 Å². The Balaban J connectivity index is 2.40. The van der Waals surface area contributed by atoms with Crippen molar-refractivity contribution < 1.29 is 13.2 Å². The van der Waals surface area contributed by atoms with E-state index in [0.717, 1.165) is 6.07 Å². The Hall–Kier alpha value is -1.82. The van der Waals surface area contributed by atoms with Crippen LogP contribution in [0.2, 0.25) is 0 Å². The van der Waals surface area contributed by atoms with Gasteiger partial charge in [0.2, 0.25) is 5.89 Å². The molecule has 6 heteroatoms. The fourth-order valence-electron chi connectivity index (χ4n) is 1.34. The summed E-state index contributed by atoms with van der Waals surface area (Å²) in [5, 5.41) is 7.36. The van der Waals surface area contributed by atoms with E-state index < -0.39 is 17.7 Å². The third-order valence-corrected chi connectivity index (χ3v) is 2.38. The quantitative estimate of drug-likeness (QED) is 0.893. The second kappa shape index (κ2) is 4.58. The molecule has 0 fully saturated rings. The lowest BCUT2D eigenvalue weighted by Crippen LogP contribution is -2.08. The maximum Gasteiger partial charge on any atom is 0.250 e. The van der Waals surface area contributed by atoms with Gasteiger partial charge in [0.1, 0.15) is 0 Å². The van der Waals surface area contributed by atoms with Gasteiger partial charge in [0, 0.05) is 0 Å². The summed E-state index contributed by atoms with van der Waals surface area (Å²) in [6.45, 7) is 1.86. The van der Waals surface area contributed by atoms with Gasteiger partial charge in [-0.1, -0.05) is 13.0 Å². The molecule has 1 heterocycles. The molecule has 0 radical (unpaired) electrons. The molecule has 1 atom stereocenters. The molecule has 2 N–H and O–H groups in total. The van der Waals surface area contributed by atoms with E-state index in [-0.39, 0.29) is 17.3 Å². The van der Waals surface area contributed by atoms with Crippen molar-refractivity contribution in [3.05, 3.63) is 35.7 Å². The van der Waals surface area contributed by atoms with Crippen LogP contribution in [0.4, 0.5) is 8.78 Å². The van der Waals surface area contributed by atoms with Gasteiger partial charge in [-0.2, -0.15) is 0 Å². The Morgan fingerprint density at radius 1 is 1.35 bits per heavy atom. The van der Waals surface area contributed by atoms with E-state index in [9.17, 15) is 8.78 Å². The smallest absolute Gasteiger partial charge is 0.250 e. The van der Waals surface area contributed by atoms with E-state index in [0.29, 0.717) is 6.42 Å². The highest BCUT2D eigenvalue weighted by Gasteiger charge is 2.18. The van der Waals surface area contributed by atoms with Crippen LogP contribution < -0.4 is 5.73 Å². The molecule has 90 valence electrons. The fraction of sp³-hybridized carbons (Fsp3) is 0.273. The van der Waals surface area contributed by atoms with Crippen molar-refractivity contribution in [3.63, 3.8) is 0 Å². The summed E-state index contributed by atoms with van der Waals surface area (Å²) in [5.41, 5.74) is 5.63. The van der Waals surface area contributed by atoms with E-state index >= 15 is 0 Å². The third-order valence-electron chi connectivity index (χ3n) is 2.38. The molecular formula is C11H11F2N3O. The minimum Gasteiger partial charge on any atom is -0.419 e. The summed E-state index contributed by atoms with van der Waals surface area (Å²) in [6.07, 6.45) is 0.618. The highest BCUT2D eigenvalue weighted by atomic mass is 19.2. The Morgan fingerprint density at radius 3 is 2.82 bits per heavy atom. The molecule has 0 aliphatic carbocycles. The van der Waals surface area contributed by atoms with Crippen molar-refractivity contribution in [1.29, 1.82) is 0 Å². The molecule has 0 saturated carbocycles. The molecule has 2 aromatic rings. The first-order chi connectivity index (χ1) is 8.13. The average Bonchev–Trinajstić information content (AvgIpc) is 2.81. The zero-order valence-electron chi connectivity index (χ0n) is 9.15. The third kappa shape index (κ3) is 2.16. The predicted molar refractivity (Wildman–Crippen MR) is 56.9 cm³/mol. The zero-order valence-corrected chi connectivity index (χ0v) is 9.15. The SMILES string of the molecule is CCC(N)c1nnc(-c2cccc(F)c2F)o1. The van der Waals surface area contributed by atoms with E-state index in [1.165, 1.54) is 12.1 Å². The maximum absolute atomic E-state index is 13.4. The van der Waals surface area contributed by atoms with Crippen molar-refractivity contribution in [2.24, 2.45) is 5.73 Å². The molecule has 1 unspecified atom stereocenters. The Bertz CT molecular complexity index is 527. The van der Waals surface area contributed by atoms with Crippen molar-refractivity contribution >= 4 is 0 Å². The van der Waals surface area contributed by atoms with Gasteiger partial charge >= 0.3 is 0 Å². The Kier molecular flexibility index (Phi) is 3.14. The van der Waals surface area contributed by atoms with Gasteiger partial charge in [-0.3, -0.25) is 0 Å². The maximum atomic E-state index is 13.4. The summed E-state index contributed by atoms with van der Waals surface area (Å²) in [4.78, 5) is 0. The summed E-state index contributed by atoms with van der Waals surface area (Å²) in [5.74, 6) is -1.82. The fourth-order valence-corrected chi connectivity index (χ4v) is 1.34. The largest absolute Gasteiger partial charge is 0.419 e. The number of rotatable bonds is 3. The normalized spacial score (nSPS) is 12.7. The number of nitrogens with zero attached hydrogens (tertiary/aromatic N) is 2. The molecular weight excluding hydrogens is 228 g/mol. The molecule has 0 spiro atoms. The number of hydrogen-bond acceptors (Lipinski definition) is 4. The topological polar surface area (TPSA) is 64.9 Å². The van der Waals surface area contributed by atoms with Gasteiger partial charge < -0.3 is 10.2 Å². The van der Waals surface area contributed by atoms with Gasteiger partial charge in [0.25, 0.3) is 5.89 Å². The number of benzene rings is 1. The van der Waals surface area contributed by atoms with Gasteiger partial charge in [-0.05, 0) is 18.6 Å². The Morgan fingerprint density at radius 2 is 2.12 bits per heavy atom. The minimum atomic E-state index is -1.01. The monoisotopic (exact) mass is 239 g/mol. The predicted octanol–water partition coefficient (Wildman–Crippen LogP) is 2.42. The average molecular weight is 239 g/mol. The first-order valence-electron chi connectivity index (χ1n) is 5.16.